The van der Waals surface area contributed by atoms with E-state index >= 15 is 0 Å². The molecule has 0 radical (unpaired) electrons. The molecule has 0 atom stereocenters. The van der Waals surface area contributed by atoms with Crippen LogP contribution < -0.4 is 19.5 Å². The van der Waals surface area contributed by atoms with Crippen LogP contribution in [0.1, 0.15) is 5.56 Å². The Hall–Kier alpha value is -1.99. The summed E-state index contributed by atoms with van der Waals surface area (Å²) in [6.07, 6.45) is 0. The minimum Gasteiger partial charge on any atom is -0.493 e. The van der Waals surface area contributed by atoms with Gasteiger partial charge in [0.05, 0.1) is 27.9 Å². The summed E-state index contributed by atoms with van der Waals surface area (Å²) >= 11 is 0. The number of nitrogens with zero attached hydrogens (tertiary/aromatic N) is 2. The van der Waals surface area contributed by atoms with E-state index in [2.05, 4.69) is 5.32 Å². The molecule has 1 fully saturated rings. The van der Waals surface area contributed by atoms with Crippen LogP contribution in [0.25, 0.3) is 0 Å². The minimum atomic E-state index is 0.159. The molecule has 0 saturated carbocycles. The maximum Gasteiger partial charge on any atom is 0.236 e. The van der Waals surface area contributed by atoms with E-state index in [1.54, 1.807) is 21.3 Å². The van der Waals surface area contributed by atoms with Gasteiger partial charge in [-0.15, -0.1) is 0 Å². The van der Waals surface area contributed by atoms with Gasteiger partial charge in [-0.25, -0.2) is 0 Å². The third-order valence-corrected chi connectivity index (χ3v) is 4.05. The van der Waals surface area contributed by atoms with E-state index in [1.165, 1.54) is 0 Å². The molecule has 1 saturated heterocycles. The van der Waals surface area contributed by atoms with Gasteiger partial charge in [0.2, 0.25) is 11.7 Å². The van der Waals surface area contributed by atoms with E-state index in [4.69, 9.17) is 14.2 Å². The molecular weight excluding hydrogens is 310 g/mol. The van der Waals surface area contributed by atoms with E-state index < -0.39 is 0 Å². The van der Waals surface area contributed by atoms with Crippen molar-refractivity contribution in [1.82, 2.24) is 15.1 Å². The van der Waals surface area contributed by atoms with E-state index in [0.29, 0.717) is 30.3 Å². The lowest BCUT2D eigenvalue weighted by Crippen LogP contribution is -2.49. The van der Waals surface area contributed by atoms with Crippen LogP contribution in [0.4, 0.5) is 0 Å². The van der Waals surface area contributed by atoms with Gasteiger partial charge >= 0.3 is 0 Å². The van der Waals surface area contributed by atoms with E-state index in [1.807, 2.05) is 29.0 Å². The first-order valence-electron chi connectivity index (χ1n) is 8.05. The lowest BCUT2D eigenvalue weighted by atomic mass is 10.1. The van der Waals surface area contributed by atoms with Crippen molar-refractivity contribution in [2.24, 2.45) is 0 Å². The number of rotatable bonds is 7. The highest BCUT2D eigenvalue weighted by Gasteiger charge is 2.19. The fourth-order valence-corrected chi connectivity index (χ4v) is 2.84. The van der Waals surface area contributed by atoms with Crippen molar-refractivity contribution >= 4 is 5.91 Å². The van der Waals surface area contributed by atoms with Crippen molar-refractivity contribution in [1.29, 1.82) is 0 Å². The topological polar surface area (TPSA) is 63.3 Å². The highest BCUT2D eigenvalue weighted by atomic mass is 16.5. The summed E-state index contributed by atoms with van der Waals surface area (Å²) in [5, 5.41) is 3.25. The van der Waals surface area contributed by atoms with Crippen LogP contribution in [-0.4, -0.2) is 76.8 Å². The van der Waals surface area contributed by atoms with Crippen molar-refractivity contribution in [2.45, 2.75) is 6.54 Å². The standard InChI is InChI=1S/C17H27N3O4/c1-19(12-16(21)20-7-5-18-6-8-20)11-13-9-14(22-2)17(24-4)15(10-13)23-3/h9-10,18H,5-8,11-12H2,1-4H3. The van der Waals surface area contributed by atoms with E-state index in [9.17, 15) is 4.79 Å². The molecule has 0 unspecified atom stereocenters. The van der Waals surface area contributed by atoms with Crippen LogP contribution in [0.15, 0.2) is 12.1 Å². The second kappa shape index (κ2) is 8.75. The highest BCUT2D eigenvalue weighted by Crippen LogP contribution is 2.38. The number of likely N-dealkylation sites (N-methyl/N-ethyl adjacent to an activating group) is 1. The summed E-state index contributed by atoms with van der Waals surface area (Å²) in [6.45, 7) is 4.28. The van der Waals surface area contributed by atoms with Crippen molar-refractivity contribution < 1.29 is 19.0 Å². The summed E-state index contributed by atoms with van der Waals surface area (Å²) in [6, 6.07) is 3.82. The normalized spacial score (nSPS) is 14.6. The second-order valence-electron chi connectivity index (χ2n) is 5.84. The van der Waals surface area contributed by atoms with Crippen molar-refractivity contribution in [3.8, 4) is 17.2 Å². The van der Waals surface area contributed by atoms with Crippen LogP contribution in [0.3, 0.4) is 0 Å². The van der Waals surface area contributed by atoms with Gasteiger partial charge in [-0.05, 0) is 24.7 Å². The molecule has 0 bridgehead atoms. The Balaban J connectivity index is 2.02. The molecule has 1 aromatic rings. The molecular formula is C17H27N3O4. The SMILES string of the molecule is COc1cc(CN(C)CC(=O)N2CCNCC2)cc(OC)c1OC. The number of nitrogens with one attached hydrogen (secondary N) is 1. The first-order valence-corrected chi connectivity index (χ1v) is 8.05. The average Bonchev–Trinajstić information content (AvgIpc) is 2.61. The molecule has 1 aromatic carbocycles. The molecule has 0 aliphatic carbocycles. The molecule has 134 valence electrons. The van der Waals surface area contributed by atoms with E-state index in [0.717, 1.165) is 31.7 Å². The maximum atomic E-state index is 12.3. The molecule has 7 nitrogen and oxygen atoms in total. The van der Waals surface area contributed by atoms with Crippen molar-refractivity contribution in [3.63, 3.8) is 0 Å². The quantitative estimate of drug-likeness (QED) is 0.785. The van der Waals surface area contributed by atoms with Gasteiger partial charge in [0.15, 0.2) is 11.5 Å². The monoisotopic (exact) mass is 337 g/mol. The molecule has 0 spiro atoms. The van der Waals surface area contributed by atoms with Crippen LogP contribution >= 0.6 is 0 Å². The fourth-order valence-electron chi connectivity index (χ4n) is 2.84. The molecule has 1 amide bonds. The first kappa shape index (κ1) is 18.4. The van der Waals surface area contributed by atoms with Crippen molar-refractivity contribution in [2.75, 3.05) is 61.1 Å². The predicted molar refractivity (Wildman–Crippen MR) is 91.9 cm³/mol. The van der Waals surface area contributed by atoms with Crippen molar-refractivity contribution in [3.05, 3.63) is 17.7 Å². The summed E-state index contributed by atoms with van der Waals surface area (Å²) in [5.74, 6) is 1.97. The largest absolute Gasteiger partial charge is 0.493 e. The minimum absolute atomic E-state index is 0.159. The van der Waals surface area contributed by atoms with Gasteiger partial charge < -0.3 is 24.4 Å². The molecule has 24 heavy (non-hydrogen) atoms. The molecule has 1 N–H and O–H groups in total. The fraction of sp³-hybridized carbons (Fsp3) is 0.588. The number of carbonyl (C=O) groups excluding carboxylic acids is 1. The molecule has 7 heteroatoms. The van der Waals surface area contributed by atoms with Crippen LogP contribution in [0, 0.1) is 0 Å². The molecule has 2 rings (SSSR count). The highest BCUT2D eigenvalue weighted by molar-refractivity contribution is 5.78. The lowest BCUT2D eigenvalue weighted by Gasteiger charge is -2.29. The van der Waals surface area contributed by atoms with Gasteiger partial charge in [-0.2, -0.15) is 0 Å². The van der Waals surface area contributed by atoms with Gasteiger partial charge in [-0.3, -0.25) is 9.69 Å². The van der Waals surface area contributed by atoms with E-state index in [-0.39, 0.29) is 5.91 Å². The number of benzene rings is 1. The zero-order valence-corrected chi connectivity index (χ0v) is 14.9. The lowest BCUT2D eigenvalue weighted by molar-refractivity contribution is -0.132. The first-order chi connectivity index (χ1) is 11.6. The Bertz CT molecular complexity index is 534. The van der Waals surface area contributed by atoms with Crippen LogP contribution in [0.5, 0.6) is 17.2 Å². The summed E-state index contributed by atoms with van der Waals surface area (Å²) in [7, 11) is 6.71. The number of hydrogen-bond acceptors (Lipinski definition) is 6. The number of hydrogen-bond donors (Lipinski definition) is 1. The molecule has 1 aliphatic rings. The second-order valence-corrected chi connectivity index (χ2v) is 5.84. The Morgan fingerprint density at radius 3 is 2.21 bits per heavy atom. The van der Waals surface area contributed by atoms with Gasteiger partial charge in [0, 0.05) is 32.7 Å². The summed E-state index contributed by atoms with van der Waals surface area (Å²) in [4.78, 5) is 16.2. The summed E-state index contributed by atoms with van der Waals surface area (Å²) < 4.78 is 16.1. The number of piperazine rings is 1. The zero-order valence-electron chi connectivity index (χ0n) is 14.9. The smallest absolute Gasteiger partial charge is 0.236 e. The Morgan fingerprint density at radius 2 is 1.71 bits per heavy atom. The Labute approximate surface area is 143 Å². The number of amides is 1. The molecule has 1 aliphatic heterocycles. The number of carbonyl (C=O) groups is 1. The number of methoxy groups -OCH3 is 3. The van der Waals surface area contributed by atoms with Crippen LogP contribution in [0.2, 0.25) is 0 Å². The third-order valence-electron chi connectivity index (χ3n) is 4.05. The van der Waals surface area contributed by atoms with Crippen LogP contribution in [-0.2, 0) is 11.3 Å². The van der Waals surface area contributed by atoms with Gasteiger partial charge in [-0.1, -0.05) is 0 Å². The van der Waals surface area contributed by atoms with Gasteiger partial charge in [0.25, 0.3) is 0 Å². The maximum absolute atomic E-state index is 12.3. The zero-order chi connectivity index (χ0) is 17.5. The summed E-state index contributed by atoms with van der Waals surface area (Å²) in [5.41, 5.74) is 1.00. The number of ether oxygens (including phenoxy) is 3. The van der Waals surface area contributed by atoms with Gasteiger partial charge in [0.1, 0.15) is 0 Å². The Kier molecular flexibility index (Phi) is 6.69. The molecule has 0 aromatic heterocycles. The predicted octanol–water partition coefficient (Wildman–Crippen LogP) is 0.576. The Morgan fingerprint density at radius 1 is 1.12 bits per heavy atom. The average molecular weight is 337 g/mol. The third kappa shape index (κ3) is 4.52. The molecule has 1 heterocycles.